The Balaban J connectivity index is 1.57. The molecule has 112 valence electrons. The SMILES string of the molecule is O=C(Cc1noc2ccccc12)NC[C@@H]1CCS(=O)(=O)C1. The molecule has 1 aromatic carbocycles. The van der Waals surface area contributed by atoms with Crippen LogP contribution in [-0.4, -0.2) is 37.5 Å². The zero-order chi connectivity index (χ0) is 14.9. The molecule has 1 aliphatic rings. The molecule has 3 rings (SSSR count). The molecule has 2 heterocycles. The van der Waals surface area contributed by atoms with E-state index in [1.54, 1.807) is 6.07 Å². The van der Waals surface area contributed by atoms with Crippen molar-refractivity contribution in [2.75, 3.05) is 18.1 Å². The molecule has 1 saturated heterocycles. The number of carbonyl (C=O) groups is 1. The molecule has 1 amide bonds. The summed E-state index contributed by atoms with van der Waals surface area (Å²) >= 11 is 0. The van der Waals surface area contributed by atoms with E-state index in [9.17, 15) is 13.2 Å². The number of hydrogen-bond donors (Lipinski definition) is 1. The van der Waals surface area contributed by atoms with Crippen LogP contribution in [0.15, 0.2) is 28.8 Å². The molecule has 1 aromatic heterocycles. The third-order valence-corrected chi connectivity index (χ3v) is 5.53. The summed E-state index contributed by atoms with van der Waals surface area (Å²) in [7, 11) is -2.90. The first-order valence-electron chi connectivity index (χ1n) is 6.84. The monoisotopic (exact) mass is 308 g/mol. The smallest absolute Gasteiger partial charge is 0.226 e. The van der Waals surface area contributed by atoms with Crippen LogP contribution in [0.3, 0.4) is 0 Å². The van der Waals surface area contributed by atoms with Gasteiger partial charge in [-0.15, -0.1) is 0 Å². The van der Waals surface area contributed by atoms with Gasteiger partial charge in [0.05, 0.1) is 17.9 Å². The van der Waals surface area contributed by atoms with Gasteiger partial charge in [0.25, 0.3) is 0 Å². The molecule has 2 aromatic rings. The van der Waals surface area contributed by atoms with Gasteiger partial charge in [0.1, 0.15) is 5.69 Å². The van der Waals surface area contributed by atoms with Crippen LogP contribution in [-0.2, 0) is 21.1 Å². The summed E-state index contributed by atoms with van der Waals surface area (Å²) in [4.78, 5) is 11.9. The maximum atomic E-state index is 11.9. The number of rotatable bonds is 4. The summed E-state index contributed by atoms with van der Waals surface area (Å²) in [5, 5.41) is 7.52. The summed E-state index contributed by atoms with van der Waals surface area (Å²) in [6.45, 7) is 0.397. The number of nitrogens with zero attached hydrogens (tertiary/aromatic N) is 1. The summed E-state index contributed by atoms with van der Waals surface area (Å²) in [5.74, 6) is 0.244. The predicted octanol–water partition coefficient (Wildman–Crippen LogP) is 0.921. The van der Waals surface area contributed by atoms with Gasteiger partial charge < -0.3 is 9.84 Å². The fraction of sp³-hybridized carbons (Fsp3) is 0.429. The number of benzene rings is 1. The molecule has 0 saturated carbocycles. The van der Waals surface area contributed by atoms with Crippen LogP contribution in [0.1, 0.15) is 12.1 Å². The van der Waals surface area contributed by atoms with E-state index < -0.39 is 9.84 Å². The number of hydrogen-bond acceptors (Lipinski definition) is 5. The molecule has 0 spiro atoms. The lowest BCUT2D eigenvalue weighted by molar-refractivity contribution is -0.120. The van der Waals surface area contributed by atoms with Gasteiger partial charge in [-0.3, -0.25) is 4.79 Å². The Labute approximate surface area is 122 Å². The van der Waals surface area contributed by atoms with Crippen molar-refractivity contribution in [1.82, 2.24) is 10.5 Å². The van der Waals surface area contributed by atoms with E-state index >= 15 is 0 Å². The number of amides is 1. The van der Waals surface area contributed by atoms with Gasteiger partial charge in [-0.2, -0.15) is 0 Å². The first kappa shape index (κ1) is 14.1. The number of carbonyl (C=O) groups excluding carboxylic acids is 1. The van der Waals surface area contributed by atoms with E-state index in [2.05, 4.69) is 10.5 Å². The third-order valence-electron chi connectivity index (χ3n) is 3.69. The van der Waals surface area contributed by atoms with Crippen molar-refractivity contribution < 1.29 is 17.7 Å². The molecule has 0 radical (unpaired) electrons. The number of nitrogens with one attached hydrogen (secondary N) is 1. The van der Waals surface area contributed by atoms with E-state index in [1.165, 1.54) is 0 Å². The van der Waals surface area contributed by atoms with E-state index in [4.69, 9.17) is 4.52 Å². The summed E-state index contributed by atoms with van der Waals surface area (Å²) < 4.78 is 27.9. The molecule has 0 bridgehead atoms. The van der Waals surface area contributed by atoms with Gasteiger partial charge in [0.15, 0.2) is 15.4 Å². The molecule has 0 unspecified atom stereocenters. The summed E-state index contributed by atoms with van der Waals surface area (Å²) in [6, 6.07) is 7.37. The van der Waals surface area contributed by atoms with Gasteiger partial charge in [-0.05, 0) is 24.5 Å². The largest absolute Gasteiger partial charge is 0.356 e. The second-order valence-electron chi connectivity index (χ2n) is 5.38. The summed E-state index contributed by atoms with van der Waals surface area (Å²) in [5.41, 5.74) is 1.25. The van der Waals surface area contributed by atoms with Crippen molar-refractivity contribution in [2.24, 2.45) is 5.92 Å². The maximum absolute atomic E-state index is 11.9. The summed E-state index contributed by atoms with van der Waals surface area (Å²) in [6.07, 6.45) is 0.756. The average molecular weight is 308 g/mol. The molecule has 1 atom stereocenters. The minimum absolute atomic E-state index is 0.0213. The number of sulfone groups is 1. The third kappa shape index (κ3) is 3.24. The van der Waals surface area contributed by atoms with Crippen molar-refractivity contribution in [3.8, 4) is 0 Å². The second-order valence-corrected chi connectivity index (χ2v) is 7.60. The lowest BCUT2D eigenvalue weighted by Crippen LogP contribution is -2.31. The Bertz CT molecular complexity index is 766. The molecule has 1 aliphatic heterocycles. The lowest BCUT2D eigenvalue weighted by atomic mass is 10.1. The van der Waals surface area contributed by atoms with Gasteiger partial charge >= 0.3 is 0 Å². The van der Waals surface area contributed by atoms with Crippen LogP contribution in [0.4, 0.5) is 0 Å². The second kappa shape index (κ2) is 5.48. The molecule has 1 fully saturated rings. The Hall–Kier alpha value is -1.89. The van der Waals surface area contributed by atoms with Crippen molar-refractivity contribution in [3.63, 3.8) is 0 Å². The number of aromatic nitrogens is 1. The Morgan fingerprint density at radius 1 is 1.38 bits per heavy atom. The Kier molecular flexibility index (Phi) is 3.67. The van der Waals surface area contributed by atoms with E-state index in [0.29, 0.717) is 24.2 Å². The zero-order valence-corrected chi connectivity index (χ0v) is 12.2. The molecule has 7 heteroatoms. The maximum Gasteiger partial charge on any atom is 0.226 e. The Morgan fingerprint density at radius 3 is 2.95 bits per heavy atom. The highest BCUT2D eigenvalue weighted by Gasteiger charge is 2.28. The zero-order valence-electron chi connectivity index (χ0n) is 11.4. The molecular formula is C14H16N2O4S. The molecular weight excluding hydrogens is 292 g/mol. The van der Waals surface area contributed by atoms with E-state index in [-0.39, 0.29) is 29.8 Å². The standard InChI is InChI=1S/C14H16N2O4S/c17-14(15-8-10-5-6-21(18,19)9-10)7-12-11-3-1-2-4-13(11)20-16-12/h1-4,10H,5-9H2,(H,15,17)/t10-/m0/s1. The first-order chi connectivity index (χ1) is 10.0. The van der Waals surface area contributed by atoms with Crippen LogP contribution in [0.5, 0.6) is 0 Å². The topological polar surface area (TPSA) is 89.3 Å². The predicted molar refractivity (Wildman–Crippen MR) is 77.5 cm³/mol. The highest BCUT2D eigenvalue weighted by molar-refractivity contribution is 7.91. The van der Waals surface area contributed by atoms with Crippen LogP contribution >= 0.6 is 0 Å². The van der Waals surface area contributed by atoms with Crippen molar-refractivity contribution in [3.05, 3.63) is 30.0 Å². The van der Waals surface area contributed by atoms with Gasteiger partial charge in [-0.25, -0.2) is 8.42 Å². The molecule has 6 nitrogen and oxygen atoms in total. The van der Waals surface area contributed by atoms with Gasteiger partial charge in [-0.1, -0.05) is 17.3 Å². The fourth-order valence-electron chi connectivity index (χ4n) is 2.57. The van der Waals surface area contributed by atoms with E-state index in [0.717, 1.165) is 5.39 Å². The minimum atomic E-state index is -2.90. The van der Waals surface area contributed by atoms with Gasteiger partial charge in [0, 0.05) is 11.9 Å². The van der Waals surface area contributed by atoms with Crippen molar-refractivity contribution in [2.45, 2.75) is 12.8 Å². The average Bonchev–Trinajstić information content (AvgIpc) is 3.01. The lowest BCUT2D eigenvalue weighted by Gasteiger charge is -2.08. The molecule has 0 aliphatic carbocycles. The highest BCUT2D eigenvalue weighted by atomic mass is 32.2. The highest BCUT2D eigenvalue weighted by Crippen LogP contribution is 2.19. The number of para-hydroxylation sites is 1. The number of fused-ring (bicyclic) bond motifs is 1. The minimum Gasteiger partial charge on any atom is -0.356 e. The normalized spacial score (nSPS) is 20.7. The van der Waals surface area contributed by atoms with Crippen molar-refractivity contribution in [1.29, 1.82) is 0 Å². The molecule has 1 N–H and O–H groups in total. The van der Waals surface area contributed by atoms with Crippen LogP contribution in [0.25, 0.3) is 11.0 Å². The quantitative estimate of drug-likeness (QED) is 0.907. The van der Waals surface area contributed by atoms with Crippen LogP contribution in [0, 0.1) is 5.92 Å². The first-order valence-corrected chi connectivity index (χ1v) is 8.66. The van der Waals surface area contributed by atoms with Crippen LogP contribution < -0.4 is 5.32 Å². The van der Waals surface area contributed by atoms with Crippen LogP contribution in [0.2, 0.25) is 0 Å². The Morgan fingerprint density at radius 2 is 2.19 bits per heavy atom. The fourth-order valence-corrected chi connectivity index (χ4v) is 4.43. The van der Waals surface area contributed by atoms with E-state index in [1.807, 2.05) is 18.2 Å². The van der Waals surface area contributed by atoms with Gasteiger partial charge in [0.2, 0.25) is 5.91 Å². The van der Waals surface area contributed by atoms with Crippen molar-refractivity contribution >= 4 is 26.7 Å². The molecule has 21 heavy (non-hydrogen) atoms.